The molecule has 0 aliphatic heterocycles. The van der Waals surface area contributed by atoms with Gasteiger partial charge in [0.2, 0.25) is 0 Å². The fraction of sp³-hybridized carbons (Fsp3) is 0.286. The second-order valence-electron chi connectivity index (χ2n) is 4.54. The number of hydrogen-bond donors (Lipinski definition) is 3. The number of guanidine groups is 1. The van der Waals surface area contributed by atoms with E-state index in [1.54, 1.807) is 0 Å². The Labute approximate surface area is 135 Å². The highest BCUT2D eigenvalue weighted by Crippen LogP contribution is 2.10. The SMILES string of the molecule is C=C(C)CN=C(N)NCCc1nc2ccccc2[nH]1.I. The summed E-state index contributed by atoms with van der Waals surface area (Å²) < 4.78 is 0. The minimum atomic E-state index is 0. The van der Waals surface area contributed by atoms with Gasteiger partial charge in [0.25, 0.3) is 0 Å². The van der Waals surface area contributed by atoms with E-state index in [-0.39, 0.29) is 24.0 Å². The Bertz CT molecular complexity index is 569. The summed E-state index contributed by atoms with van der Waals surface area (Å²) in [6.45, 7) is 6.95. The van der Waals surface area contributed by atoms with Gasteiger partial charge in [0.15, 0.2) is 5.96 Å². The van der Waals surface area contributed by atoms with E-state index in [1.807, 2.05) is 31.2 Å². The lowest BCUT2D eigenvalue weighted by Gasteiger charge is -2.03. The van der Waals surface area contributed by atoms with Crippen LogP contribution in [0.4, 0.5) is 0 Å². The standard InChI is InChI=1S/C14H19N5.HI/c1-10(2)9-17-14(15)16-8-7-13-18-11-5-3-4-6-12(11)19-13;/h3-6H,1,7-9H2,2H3,(H,18,19)(H3,15,16,17);1H. The number of nitrogens with two attached hydrogens (primary N) is 1. The third-order valence-corrected chi connectivity index (χ3v) is 2.63. The van der Waals surface area contributed by atoms with Gasteiger partial charge in [-0.2, -0.15) is 0 Å². The normalized spacial score (nSPS) is 11.2. The van der Waals surface area contributed by atoms with Gasteiger partial charge >= 0.3 is 0 Å². The van der Waals surface area contributed by atoms with Gasteiger partial charge < -0.3 is 16.0 Å². The molecule has 0 saturated carbocycles. The van der Waals surface area contributed by atoms with Crippen molar-refractivity contribution in [3.8, 4) is 0 Å². The first-order valence-electron chi connectivity index (χ1n) is 6.27. The zero-order valence-corrected chi connectivity index (χ0v) is 13.8. The predicted molar refractivity (Wildman–Crippen MR) is 94.5 cm³/mol. The minimum absolute atomic E-state index is 0. The number of aromatic nitrogens is 2. The highest BCUT2D eigenvalue weighted by Gasteiger charge is 2.01. The molecule has 0 unspecified atom stereocenters. The van der Waals surface area contributed by atoms with Gasteiger partial charge in [0.05, 0.1) is 17.6 Å². The van der Waals surface area contributed by atoms with Gasteiger partial charge in [0, 0.05) is 13.0 Å². The van der Waals surface area contributed by atoms with E-state index in [2.05, 4.69) is 26.9 Å². The minimum Gasteiger partial charge on any atom is -0.370 e. The van der Waals surface area contributed by atoms with Gasteiger partial charge in [0.1, 0.15) is 5.82 Å². The first-order chi connectivity index (χ1) is 9.15. The van der Waals surface area contributed by atoms with Crippen LogP contribution >= 0.6 is 24.0 Å². The molecule has 1 heterocycles. The van der Waals surface area contributed by atoms with Crippen LogP contribution in [-0.4, -0.2) is 29.0 Å². The average molecular weight is 385 g/mol. The molecule has 0 fully saturated rings. The summed E-state index contributed by atoms with van der Waals surface area (Å²) in [5.74, 6) is 1.39. The van der Waals surface area contributed by atoms with Crippen molar-refractivity contribution < 1.29 is 0 Å². The number of para-hydroxylation sites is 2. The number of nitrogens with zero attached hydrogens (tertiary/aromatic N) is 2. The molecule has 0 bridgehead atoms. The number of aromatic amines is 1. The van der Waals surface area contributed by atoms with Gasteiger partial charge in [-0.1, -0.05) is 24.3 Å². The highest BCUT2D eigenvalue weighted by atomic mass is 127. The maximum absolute atomic E-state index is 5.73. The molecule has 0 atom stereocenters. The molecule has 0 radical (unpaired) electrons. The van der Waals surface area contributed by atoms with E-state index in [0.717, 1.165) is 28.9 Å². The third kappa shape index (κ3) is 4.84. The molecule has 4 N–H and O–H groups in total. The van der Waals surface area contributed by atoms with E-state index in [9.17, 15) is 0 Å². The van der Waals surface area contributed by atoms with E-state index in [4.69, 9.17) is 5.73 Å². The van der Waals surface area contributed by atoms with E-state index in [1.165, 1.54) is 0 Å². The maximum atomic E-state index is 5.73. The van der Waals surface area contributed by atoms with Crippen LogP contribution in [0.15, 0.2) is 41.4 Å². The van der Waals surface area contributed by atoms with E-state index < -0.39 is 0 Å². The zero-order valence-electron chi connectivity index (χ0n) is 11.5. The Morgan fingerprint density at radius 2 is 2.20 bits per heavy atom. The second-order valence-corrected chi connectivity index (χ2v) is 4.54. The molecule has 0 saturated heterocycles. The Hall–Kier alpha value is -1.57. The van der Waals surface area contributed by atoms with Crippen LogP contribution in [0.25, 0.3) is 11.0 Å². The smallest absolute Gasteiger partial charge is 0.188 e. The molecule has 2 rings (SSSR count). The number of fused-ring (bicyclic) bond motifs is 1. The average Bonchev–Trinajstić information content (AvgIpc) is 2.79. The Kier molecular flexibility index (Phi) is 6.50. The summed E-state index contributed by atoms with van der Waals surface area (Å²) in [4.78, 5) is 11.9. The molecule has 0 amide bonds. The molecule has 1 aromatic heterocycles. The summed E-state index contributed by atoms with van der Waals surface area (Å²) >= 11 is 0. The fourth-order valence-electron chi connectivity index (χ4n) is 1.71. The van der Waals surface area contributed by atoms with Crippen LogP contribution in [-0.2, 0) is 6.42 Å². The van der Waals surface area contributed by atoms with Crippen molar-refractivity contribution in [1.29, 1.82) is 0 Å². The molecular formula is C14H20IN5. The van der Waals surface area contributed by atoms with Crippen LogP contribution < -0.4 is 11.1 Å². The van der Waals surface area contributed by atoms with Crippen molar-refractivity contribution in [2.75, 3.05) is 13.1 Å². The summed E-state index contributed by atoms with van der Waals surface area (Å²) in [6, 6.07) is 7.98. The van der Waals surface area contributed by atoms with Crippen molar-refractivity contribution in [2.45, 2.75) is 13.3 Å². The van der Waals surface area contributed by atoms with Crippen molar-refractivity contribution in [3.05, 3.63) is 42.2 Å². The number of H-pyrrole nitrogens is 1. The first-order valence-corrected chi connectivity index (χ1v) is 6.27. The number of hydrogen-bond acceptors (Lipinski definition) is 2. The number of rotatable bonds is 5. The Morgan fingerprint density at radius 3 is 2.90 bits per heavy atom. The summed E-state index contributed by atoms with van der Waals surface area (Å²) in [7, 11) is 0. The maximum Gasteiger partial charge on any atom is 0.188 e. The molecule has 20 heavy (non-hydrogen) atoms. The van der Waals surface area contributed by atoms with Crippen LogP contribution in [0.5, 0.6) is 0 Å². The second kappa shape index (κ2) is 7.88. The molecule has 0 spiro atoms. The third-order valence-electron chi connectivity index (χ3n) is 2.63. The fourth-order valence-corrected chi connectivity index (χ4v) is 1.71. The number of halogens is 1. The van der Waals surface area contributed by atoms with Crippen LogP contribution in [0, 0.1) is 0 Å². The van der Waals surface area contributed by atoms with E-state index >= 15 is 0 Å². The topological polar surface area (TPSA) is 79.1 Å². The number of aliphatic imine (C=N–C) groups is 1. The van der Waals surface area contributed by atoms with Gasteiger partial charge in [-0.25, -0.2) is 9.98 Å². The Balaban J connectivity index is 0.00000200. The van der Waals surface area contributed by atoms with Crippen LogP contribution in [0.3, 0.4) is 0 Å². The van der Waals surface area contributed by atoms with Gasteiger partial charge in [-0.15, -0.1) is 24.0 Å². The van der Waals surface area contributed by atoms with Crippen molar-refractivity contribution >= 4 is 41.0 Å². The number of nitrogens with one attached hydrogen (secondary N) is 2. The van der Waals surface area contributed by atoms with Gasteiger partial charge in [-0.3, -0.25) is 0 Å². The largest absolute Gasteiger partial charge is 0.370 e. The predicted octanol–water partition coefficient (Wildman–Crippen LogP) is 2.20. The molecule has 2 aromatic rings. The summed E-state index contributed by atoms with van der Waals surface area (Å²) in [6.07, 6.45) is 0.776. The molecule has 0 aliphatic carbocycles. The lowest BCUT2D eigenvalue weighted by molar-refractivity contribution is 0.817. The van der Waals surface area contributed by atoms with E-state index in [0.29, 0.717) is 19.0 Å². The highest BCUT2D eigenvalue weighted by molar-refractivity contribution is 14.0. The molecule has 6 heteroatoms. The number of benzene rings is 1. The molecule has 1 aromatic carbocycles. The lowest BCUT2D eigenvalue weighted by Crippen LogP contribution is -2.33. The van der Waals surface area contributed by atoms with Crippen molar-refractivity contribution in [3.63, 3.8) is 0 Å². The molecule has 108 valence electrons. The molecular weight excluding hydrogens is 365 g/mol. The lowest BCUT2D eigenvalue weighted by atomic mass is 10.3. The monoisotopic (exact) mass is 385 g/mol. The van der Waals surface area contributed by atoms with Crippen molar-refractivity contribution in [1.82, 2.24) is 15.3 Å². The summed E-state index contributed by atoms with van der Waals surface area (Å²) in [5, 5.41) is 3.06. The van der Waals surface area contributed by atoms with Gasteiger partial charge in [-0.05, 0) is 19.1 Å². The van der Waals surface area contributed by atoms with Crippen LogP contribution in [0.2, 0.25) is 0 Å². The molecule has 5 nitrogen and oxygen atoms in total. The molecule has 0 aliphatic rings. The zero-order chi connectivity index (χ0) is 13.7. The van der Waals surface area contributed by atoms with Crippen LogP contribution in [0.1, 0.15) is 12.7 Å². The quantitative estimate of drug-likeness (QED) is 0.320. The Morgan fingerprint density at radius 1 is 1.45 bits per heavy atom. The first kappa shape index (κ1) is 16.5. The summed E-state index contributed by atoms with van der Waals surface area (Å²) in [5.41, 5.74) is 8.76. The number of imidazole rings is 1. The van der Waals surface area contributed by atoms with Crippen molar-refractivity contribution in [2.24, 2.45) is 10.7 Å².